The van der Waals surface area contributed by atoms with Crippen LogP contribution in [0.5, 0.6) is 0 Å². The average molecular weight is 413 g/mol. The van der Waals surface area contributed by atoms with E-state index >= 15 is 0 Å². The minimum atomic E-state index is -1.81. The van der Waals surface area contributed by atoms with Crippen molar-refractivity contribution in [2.45, 2.75) is 65.1 Å². The Morgan fingerprint density at radius 1 is 1.07 bits per heavy atom. The lowest BCUT2D eigenvalue weighted by atomic mass is 9.59. The number of nitro benzene ring substituents is 1. The molecule has 0 bridgehead atoms. The van der Waals surface area contributed by atoms with Crippen LogP contribution in [-0.4, -0.2) is 27.4 Å². The SMILES string of the molecule is CC1(C)CC(=O)C2=C(C1)O[C@@]1(O)CC(C)(C)CC(=O)[C@H]1[C@H]2c1ccccc1[N+](=O)[O-]. The van der Waals surface area contributed by atoms with Gasteiger partial charge in [-0.2, -0.15) is 0 Å². The molecule has 1 aromatic rings. The molecule has 0 unspecified atom stereocenters. The molecule has 3 atom stereocenters. The van der Waals surface area contributed by atoms with Gasteiger partial charge in [0.15, 0.2) is 5.78 Å². The summed E-state index contributed by atoms with van der Waals surface area (Å²) in [6.07, 6.45) is 1.10. The predicted molar refractivity (Wildman–Crippen MR) is 108 cm³/mol. The van der Waals surface area contributed by atoms with E-state index in [1.54, 1.807) is 18.2 Å². The van der Waals surface area contributed by atoms with Crippen molar-refractivity contribution in [2.75, 3.05) is 0 Å². The van der Waals surface area contributed by atoms with Gasteiger partial charge in [-0.3, -0.25) is 19.7 Å². The summed E-state index contributed by atoms with van der Waals surface area (Å²) < 4.78 is 6.07. The molecule has 4 rings (SSSR count). The molecule has 1 N–H and O–H groups in total. The first-order chi connectivity index (χ1) is 13.8. The van der Waals surface area contributed by atoms with Gasteiger partial charge in [0.1, 0.15) is 11.5 Å². The predicted octanol–water partition coefficient (Wildman–Crippen LogP) is 4.05. The lowest BCUT2D eigenvalue weighted by Crippen LogP contribution is -2.58. The topological polar surface area (TPSA) is 107 Å². The molecule has 1 aromatic carbocycles. The quantitative estimate of drug-likeness (QED) is 0.579. The molecule has 0 radical (unpaired) electrons. The Hall–Kier alpha value is -2.54. The van der Waals surface area contributed by atoms with Crippen molar-refractivity contribution in [2.24, 2.45) is 16.7 Å². The van der Waals surface area contributed by atoms with Crippen LogP contribution >= 0.6 is 0 Å². The smallest absolute Gasteiger partial charge is 0.273 e. The Bertz CT molecular complexity index is 991. The molecule has 7 nitrogen and oxygen atoms in total. The highest BCUT2D eigenvalue weighted by molar-refractivity contribution is 6.01. The number of hydrogen-bond acceptors (Lipinski definition) is 6. The van der Waals surface area contributed by atoms with E-state index < -0.39 is 28.0 Å². The van der Waals surface area contributed by atoms with E-state index in [0.717, 1.165) is 0 Å². The van der Waals surface area contributed by atoms with Crippen LogP contribution in [0.3, 0.4) is 0 Å². The fourth-order valence-electron chi connectivity index (χ4n) is 5.58. The molecule has 1 heterocycles. The number of aliphatic hydroxyl groups is 1. The van der Waals surface area contributed by atoms with Crippen molar-refractivity contribution in [3.63, 3.8) is 0 Å². The minimum absolute atomic E-state index is 0.158. The molecule has 7 heteroatoms. The number of ether oxygens (including phenoxy) is 1. The summed E-state index contributed by atoms with van der Waals surface area (Å²) in [4.78, 5) is 37.8. The van der Waals surface area contributed by atoms with E-state index in [2.05, 4.69) is 0 Å². The van der Waals surface area contributed by atoms with Crippen LogP contribution in [-0.2, 0) is 14.3 Å². The molecule has 2 aliphatic carbocycles. The maximum atomic E-state index is 13.3. The third kappa shape index (κ3) is 3.25. The van der Waals surface area contributed by atoms with Gasteiger partial charge in [0.05, 0.1) is 10.8 Å². The van der Waals surface area contributed by atoms with Crippen LogP contribution < -0.4 is 0 Å². The van der Waals surface area contributed by atoms with Gasteiger partial charge in [-0.15, -0.1) is 0 Å². The molecule has 1 fully saturated rings. The second-order valence-corrected chi connectivity index (χ2v) is 10.5. The van der Waals surface area contributed by atoms with Gasteiger partial charge >= 0.3 is 0 Å². The highest BCUT2D eigenvalue weighted by Gasteiger charge is 2.61. The van der Waals surface area contributed by atoms with Crippen molar-refractivity contribution in [3.05, 3.63) is 51.3 Å². The van der Waals surface area contributed by atoms with Crippen LogP contribution in [0.2, 0.25) is 0 Å². The van der Waals surface area contributed by atoms with E-state index in [1.165, 1.54) is 6.07 Å². The fourth-order valence-corrected chi connectivity index (χ4v) is 5.58. The molecule has 0 amide bonds. The number of carbonyl (C=O) groups is 2. The van der Waals surface area contributed by atoms with E-state index in [1.807, 2.05) is 27.7 Å². The number of fused-ring (bicyclic) bond motifs is 1. The van der Waals surface area contributed by atoms with Gasteiger partial charge in [-0.1, -0.05) is 45.9 Å². The first-order valence-corrected chi connectivity index (χ1v) is 10.3. The number of para-hydroxylation sites is 1. The van der Waals surface area contributed by atoms with Crippen LogP contribution in [0, 0.1) is 26.9 Å². The van der Waals surface area contributed by atoms with E-state index in [0.29, 0.717) is 17.8 Å². The summed E-state index contributed by atoms with van der Waals surface area (Å²) in [5.74, 6) is -3.81. The molecule has 0 saturated heterocycles. The first kappa shape index (κ1) is 20.7. The summed E-state index contributed by atoms with van der Waals surface area (Å²) in [5.41, 5.74) is -0.412. The van der Waals surface area contributed by atoms with Crippen molar-refractivity contribution >= 4 is 17.3 Å². The Kier molecular flexibility index (Phi) is 4.47. The summed E-state index contributed by atoms with van der Waals surface area (Å²) in [6.45, 7) is 7.68. The maximum Gasteiger partial charge on any atom is 0.273 e. The van der Waals surface area contributed by atoms with Crippen molar-refractivity contribution in [3.8, 4) is 0 Å². The van der Waals surface area contributed by atoms with Gasteiger partial charge < -0.3 is 9.84 Å². The number of ketones is 2. The normalized spacial score (nSPS) is 32.2. The Balaban J connectivity index is 1.98. The lowest BCUT2D eigenvalue weighted by Gasteiger charge is -2.53. The van der Waals surface area contributed by atoms with Crippen molar-refractivity contribution in [1.29, 1.82) is 0 Å². The number of nitrogens with zero attached hydrogens (tertiary/aromatic N) is 1. The van der Waals surface area contributed by atoms with Crippen LogP contribution in [0.15, 0.2) is 35.6 Å². The number of hydrogen-bond donors (Lipinski definition) is 1. The molecular formula is C23H27NO6. The lowest BCUT2D eigenvalue weighted by molar-refractivity contribution is -0.385. The maximum absolute atomic E-state index is 13.3. The number of allylic oxidation sites excluding steroid dienone is 2. The van der Waals surface area contributed by atoms with Gasteiger partial charge in [0, 0.05) is 48.8 Å². The van der Waals surface area contributed by atoms with E-state index in [9.17, 15) is 24.8 Å². The molecule has 0 aromatic heterocycles. The zero-order chi connectivity index (χ0) is 22.1. The van der Waals surface area contributed by atoms with Gasteiger partial charge in [-0.05, 0) is 10.8 Å². The van der Waals surface area contributed by atoms with Gasteiger partial charge in [0.25, 0.3) is 5.69 Å². The molecule has 1 aliphatic heterocycles. The number of rotatable bonds is 2. The van der Waals surface area contributed by atoms with Crippen LogP contribution in [0.1, 0.15) is 64.9 Å². The standard InChI is InChI=1S/C23H27NO6/c1-21(2)9-15(25)19-17(11-21)30-23(27)12-22(3,4)10-16(26)20(23)18(19)13-7-5-6-8-14(13)24(28)29/h5-8,18,20,27H,9-12H2,1-4H3/t18-,20-,23-/m0/s1. The summed E-state index contributed by atoms with van der Waals surface area (Å²) in [7, 11) is 0. The zero-order valence-electron chi connectivity index (χ0n) is 17.7. The molecule has 160 valence electrons. The molecular weight excluding hydrogens is 386 g/mol. The summed E-state index contributed by atoms with van der Waals surface area (Å²) >= 11 is 0. The van der Waals surface area contributed by atoms with Gasteiger partial charge in [0.2, 0.25) is 5.79 Å². The highest BCUT2D eigenvalue weighted by atomic mass is 16.6. The Morgan fingerprint density at radius 3 is 2.40 bits per heavy atom. The van der Waals surface area contributed by atoms with Crippen molar-refractivity contribution in [1.82, 2.24) is 0 Å². The van der Waals surface area contributed by atoms with E-state index in [4.69, 9.17) is 4.74 Å². The number of benzene rings is 1. The third-order valence-corrected chi connectivity index (χ3v) is 6.51. The van der Waals surface area contributed by atoms with Gasteiger partial charge in [-0.25, -0.2) is 0 Å². The zero-order valence-corrected chi connectivity index (χ0v) is 17.7. The van der Waals surface area contributed by atoms with Crippen LogP contribution in [0.4, 0.5) is 5.69 Å². The van der Waals surface area contributed by atoms with Crippen LogP contribution in [0.25, 0.3) is 0 Å². The largest absolute Gasteiger partial charge is 0.466 e. The second kappa shape index (κ2) is 6.48. The molecule has 1 saturated carbocycles. The minimum Gasteiger partial charge on any atom is -0.466 e. The number of carbonyl (C=O) groups excluding carboxylic acids is 2. The second-order valence-electron chi connectivity index (χ2n) is 10.5. The summed E-state index contributed by atoms with van der Waals surface area (Å²) in [5, 5.41) is 23.4. The summed E-state index contributed by atoms with van der Waals surface area (Å²) in [6, 6.07) is 6.17. The third-order valence-electron chi connectivity index (χ3n) is 6.51. The monoisotopic (exact) mass is 413 g/mol. The fraction of sp³-hybridized carbons (Fsp3) is 0.565. The molecule has 3 aliphatic rings. The molecule has 30 heavy (non-hydrogen) atoms. The number of nitro groups is 1. The molecule has 0 spiro atoms. The average Bonchev–Trinajstić information content (AvgIpc) is 2.56. The van der Waals surface area contributed by atoms with E-state index in [-0.39, 0.29) is 47.5 Å². The number of Topliss-reactive ketones (excluding diaryl/α,β-unsaturated/α-hetero) is 2. The first-order valence-electron chi connectivity index (χ1n) is 10.3. The Morgan fingerprint density at radius 2 is 1.73 bits per heavy atom. The highest BCUT2D eigenvalue weighted by Crippen LogP contribution is 2.58. The Labute approximate surface area is 175 Å². The van der Waals surface area contributed by atoms with Crippen molar-refractivity contribution < 1.29 is 24.4 Å².